The van der Waals surface area contributed by atoms with Crippen molar-refractivity contribution in [1.82, 2.24) is 9.47 Å². The minimum atomic E-state index is -0.0288. The largest absolute Gasteiger partial charge is 0.497 e. The lowest BCUT2D eigenvalue weighted by molar-refractivity contribution is 0.0776. The van der Waals surface area contributed by atoms with E-state index in [-0.39, 0.29) is 5.91 Å². The molecule has 5 heteroatoms. The number of benzene rings is 1. The van der Waals surface area contributed by atoms with E-state index in [0.29, 0.717) is 12.2 Å². The summed E-state index contributed by atoms with van der Waals surface area (Å²) in [6, 6.07) is 9.55. The number of rotatable bonds is 4. The van der Waals surface area contributed by atoms with Gasteiger partial charge in [0.25, 0.3) is 5.91 Å². The number of nitrogens with zero attached hydrogens (tertiary/aromatic N) is 2. The highest BCUT2D eigenvalue weighted by atomic mass is 16.5. The molecule has 0 unspecified atom stereocenters. The maximum Gasteiger partial charge on any atom is 0.270 e. The number of fused-ring (bicyclic) bond motifs is 1. The van der Waals surface area contributed by atoms with Crippen LogP contribution >= 0.6 is 0 Å². The van der Waals surface area contributed by atoms with Gasteiger partial charge in [0.2, 0.25) is 0 Å². The molecule has 0 aliphatic rings. The Labute approximate surface area is 128 Å². The minimum Gasteiger partial charge on any atom is -0.497 e. The van der Waals surface area contributed by atoms with E-state index in [9.17, 15) is 4.79 Å². The second kappa shape index (κ2) is 5.60. The van der Waals surface area contributed by atoms with Crippen molar-refractivity contribution in [2.24, 2.45) is 7.05 Å². The van der Waals surface area contributed by atoms with Crippen LogP contribution in [-0.4, -0.2) is 29.5 Å². The smallest absolute Gasteiger partial charge is 0.270 e. The van der Waals surface area contributed by atoms with Crippen molar-refractivity contribution in [3.05, 3.63) is 54.1 Å². The molecular formula is C17H18N2O3. The third-order valence-corrected chi connectivity index (χ3v) is 3.82. The molecular weight excluding hydrogens is 280 g/mol. The van der Waals surface area contributed by atoms with Crippen molar-refractivity contribution >= 4 is 16.8 Å². The fourth-order valence-electron chi connectivity index (χ4n) is 2.57. The number of amides is 1. The zero-order valence-electron chi connectivity index (χ0n) is 12.9. The first kappa shape index (κ1) is 14.3. The molecule has 0 saturated carbocycles. The molecule has 0 saturated heterocycles. The number of hydrogen-bond acceptors (Lipinski definition) is 3. The lowest BCUT2D eigenvalue weighted by Gasteiger charge is -2.16. The maximum atomic E-state index is 12.7. The fraction of sp³-hybridized carbons (Fsp3) is 0.235. The molecule has 1 amide bonds. The number of methoxy groups -OCH3 is 1. The summed E-state index contributed by atoms with van der Waals surface area (Å²) in [5.41, 5.74) is 2.59. The fourth-order valence-corrected chi connectivity index (χ4v) is 2.57. The van der Waals surface area contributed by atoms with Gasteiger partial charge < -0.3 is 18.6 Å². The van der Waals surface area contributed by atoms with Crippen molar-refractivity contribution in [2.75, 3.05) is 14.2 Å². The van der Waals surface area contributed by atoms with Crippen molar-refractivity contribution < 1.29 is 13.9 Å². The van der Waals surface area contributed by atoms with E-state index in [1.807, 2.05) is 41.9 Å². The predicted molar refractivity (Wildman–Crippen MR) is 84.0 cm³/mol. The van der Waals surface area contributed by atoms with Crippen molar-refractivity contribution in [3.63, 3.8) is 0 Å². The van der Waals surface area contributed by atoms with Gasteiger partial charge in [0.15, 0.2) is 0 Å². The zero-order chi connectivity index (χ0) is 15.7. The van der Waals surface area contributed by atoms with Crippen LogP contribution in [0, 0.1) is 0 Å². The molecule has 0 bridgehead atoms. The number of aryl methyl sites for hydroxylation is 1. The number of ether oxygens (including phenoxy) is 1. The zero-order valence-corrected chi connectivity index (χ0v) is 12.9. The quantitative estimate of drug-likeness (QED) is 0.744. The van der Waals surface area contributed by atoms with Gasteiger partial charge >= 0.3 is 0 Å². The molecule has 0 radical (unpaired) electrons. The monoisotopic (exact) mass is 298 g/mol. The maximum absolute atomic E-state index is 12.7. The van der Waals surface area contributed by atoms with Crippen molar-refractivity contribution in [3.8, 4) is 5.75 Å². The van der Waals surface area contributed by atoms with Crippen LogP contribution in [0.4, 0.5) is 0 Å². The molecule has 114 valence electrons. The van der Waals surface area contributed by atoms with E-state index < -0.39 is 0 Å². The van der Waals surface area contributed by atoms with Crippen LogP contribution < -0.4 is 4.74 Å². The summed E-state index contributed by atoms with van der Waals surface area (Å²) in [7, 11) is 5.31. The Hall–Kier alpha value is -2.69. The highest BCUT2D eigenvalue weighted by molar-refractivity contribution is 5.98. The highest BCUT2D eigenvalue weighted by Crippen LogP contribution is 2.24. The van der Waals surface area contributed by atoms with Gasteiger partial charge in [-0.05, 0) is 24.3 Å². The van der Waals surface area contributed by atoms with Gasteiger partial charge in [-0.25, -0.2) is 0 Å². The van der Waals surface area contributed by atoms with E-state index in [4.69, 9.17) is 9.15 Å². The Morgan fingerprint density at radius 3 is 2.82 bits per heavy atom. The normalized spacial score (nSPS) is 10.9. The standard InChI is InChI=1S/C17H18N2O3/c1-18(10-12-6-7-22-11-12)17(20)16-8-13-4-5-14(21-3)9-15(13)19(16)2/h4-9,11H,10H2,1-3H3. The summed E-state index contributed by atoms with van der Waals surface area (Å²) in [5.74, 6) is 0.748. The van der Waals surface area contributed by atoms with E-state index in [1.54, 1.807) is 31.6 Å². The summed E-state index contributed by atoms with van der Waals surface area (Å²) in [6.07, 6.45) is 3.26. The number of hydrogen-bond donors (Lipinski definition) is 0. The Morgan fingerprint density at radius 1 is 1.32 bits per heavy atom. The lowest BCUT2D eigenvalue weighted by atomic mass is 10.2. The van der Waals surface area contributed by atoms with Gasteiger partial charge in [-0.1, -0.05) is 0 Å². The second-order valence-electron chi connectivity index (χ2n) is 5.31. The summed E-state index contributed by atoms with van der Waals surface area (Å²) in [5, 5.41) is 1.02. The molecule has 0 fully saturated rings. The molecule has 0 N–H and O–H groups in total. The molecule has 1 aromatic carbocycles. The van der Waals surface area contributed by atoms with Crippen LogP contribution in [0.25, 0.3) is 10.9 Å². The average molecular weight is 298 g/mol. The van der Waals surface area contributed by atoms with Crippen LogP contribution in [0.3, 0.4) is 0 Å². The molecule has 2 aromatic heterocycles. The van der Waals surface area contributed by atoms with Crippen LogP contribution in [0.15, 0.2) is 47.3 Å². The van der Waals surface area contributed by atoms with Crippen LogP contribution in [0.2, 0.25) is 0 Å². The summed E-state index contributed by atoms with van der Waals surface area (Å²) < 4.78 is 12.2. The van der Waals surface area contributed by atoms with E-state index in [0.717, 1.165) is 22.2 Å². The Kier molecular flexibility index (Phi) is 3.63. The van der Waals surface area contributed by atoms with Crippen molar-refractivity contribution in [2.45, 2.75) is 6.54 Å². The number of carbonyl (C=O) groups is 1. The lowest BCUT2D eigenvalue weighted by Crippen LogP contribution is -2.27. The second-order valence-corrected chi connectivity index (χ2v) is 5.31. The molecule has 22 heavy (non-hydrogen) atoms. The van der Waals surface area contributed by atoms with Gasteiger partial charge in [0, 0.05) is 37.7 Å². The first-order chi connectivity index (χ1) is 10.6. The molecule has 0 aliphatic heterocycles. The van der Waals surface area contributed by atoms with Gasteiger partial charge in [-0.3, -0.25) is 4.79 Å². The summed E-state index contributed by atoms with van der Waals surface area (Å²) in [4.78, 5) is 14.3. The topological polar surface area (TPSA) is 47.6 Å². The Balaban J connectivity index is 1.91. The first-order valence-corrected chi connectivity index (χ1v) is 7.00. The molecule has 0 atom stereocenters. The van der Waals surface area contributed by atoms with Gasteiger partial charge in [-0.2, -0.15) is 0 Å². The molecule has 3 rings (SSSR count). The van der Waals surface area contributed by atoms with Gasteiger partial charge in [0.05, 0.1) is 25.2 Å². The SMILES string of the molecule is COc1ccc2cc(C(=O)N(C)Cc3ccoc3)n(C)c2c1. The van der Waals surface area contributed by atoms with Crippen molar-refractivity contribution in [1.29, 1.82) is 0 Å². The van der Waals surface area contributed by atoms with E-state index in [1.165, 1.54) is 0 Å². The number of furan rings is 1. The molecule has 0 spiro atoms. The van der Waals surface area contributed by atoms with Crippen LogP contribution in [-0.2, 0) is 13.6 Å². The third kappa shape index (κ3) is 2.45. The molecule has 5 nitrogen and oxygen atoms in total. The number of aromatic nitrogens is 1. The molecule has 2 heterocycles. The average Bonchev–Trinajstić information content (AvgIpc) is 3.14. The molecule has 3 aromatic rings. The van der Waals surface area contributed by atoms with E-state index in [2.05, 4.69) is 0 Å². The Morgan fingerprint density at radius 2 is 2.14 bits per heavy atom. The summed E-state index contributed by atoms with van der Waals surface area (Å²) in [6.45, 7) is 0.514. The van der Waals surface area contributed by atoms with E-state index >= 15 is 0 Å². The highest BCUT2D eigenvalue weighted by Gasteiger charge is 2.18. The van der Waals surface area contributed by atoms with Crippen LogP contribution in [0.1, 0.15) is 16.1 Å². The van der Waals surface area contributed by atoms with Gasteiger partial charge in [0.1, 0.15) is 11.4 Å². The minimum absolute atomic E-state index is 0.0288. The number of carbonyl (C=O) groups excluding carboxylic acids is 1. The third-order valence-electron chi connectivity index (χ3n) is 3.82. The van der Waals surface area contributed by atoms with Crippen LogP contribution in [0.5, 0.6) is 5.75 Å². The first-order valence-electron chi connectivity index (χ1n) is 7.00. The predicted octanol–water partition coefficient (Wildman–Crippen LogP) is 3.05. The summed E-state index contributed by atoms with van der Waals surface area (Å²) >= 11 is 0. The Bertz CT molecular complexity index is 803. The molecule has 0 aliphatic carbocycles. The van der Waals surface area contributed by atoms with Gasteiger partial charge in [-0.15, -0.1) is 0 Å².